The van der Waals surface area contributed by atoms with Gasteiger partial charge in [-0.05, 0) is 30.3 Å². The molecule has 2 aromatic rings. The van der Waals surface area contributed by atoms with Crippen molar-refractivity contribution in [3.63, 3.8) is 0 Å². The van der Waals surface area contributed by atoms with Crippen molar-refractivity contribution >= 4 is 0 Å². The van der Waals surface area contributed by atoms with E-state index in [1.54, 1.807) is 24.5 Å². The zero-order valence-electron chi connectivity index (χ0n) is 6.77. The number of rotatable bonds is 1. The Balaban J connectivity index is 2.49. The van der Waals surface area contributed by atoms with Gasteiger partial charge in [0.1, 0.15) is 5.76 Å². The van der Waals surface area contributed by atoms with Crippen LogP contribution in [0.2, 0.25) is 0 Å². The number of phenols is 2. The molecular formula is C10H8O3. The van der Waals surface area contributed by atoms with E-state index in [4.69, 9.17) is 9.52 Å². The molecule has 2 N–H and O–H groups in total. The minimum Gasteiger partial charge on any atom is -0.504 e. The van der Waals surface area contributed by atoms with Gasteiger partial charge in [-0.3, -0.25) is 0 Å². The van der Waals surface area contributed by atoms with E-state index in [2.05, 4.69) is 0 Å². The summed E-state index contributed by atoms with van der Waals surface area (Å²) >= 11 is 0. The highest BCUT2D eigenvalue weighted by atomic mass is 16.3. The van der Waals surface area contributed by atoms with Gasteiger partial charge < -0.3 is 14.6 Å². The first-order valence-corrected chi connectivity index (χ1v) is 3.83. The highest BCUT2D eigenvalue weighted by molar-refractivity contribution is 5.61. The average molecular weight is 176 g/mol. The first kappa shape index (κ1) is 7.73. The number of phenolic OH excluding ortho intramolecular Hbond substituents is 2. The van der Waals surface area contributed by atoms with Crippen molar-refractivity contribution in [2.75, 3.05) is 0 Å². The molecule has 1 aromatic carbocycles. The van der Waals surface area contributed by atoms with Gasteiger partial charge in [-0.15, -0.1) is 0 Å². The second-order valence-electron chi connectivity index (χ2n) is 2.68. The van der Waals surface area contributed by atoms with Crippen LogP contribution in [-0.4, -0.2) is 10.2 Å². The van der Waals surface area contributed by atoms with Crippen molar-refractivity contribution in [2.45, 2.75) is 0 Å². The van der Waals surface area contributed by atoms with Crippen molar-refractivity contribution in [3.8, 4) is 22.8 Å². The summed E-state index contributed by atoms with van der Waals surface area (Å²) in [6.45, 7) is 0. The van der Waals surface area contributed by atoms with Crippen LogP contribution in [0, 0.1) is 0 Å². The van der Waals surface area contributed by atoms with Crippen molar-refractivity contribution in [1.82, 2.24) is 0 Å². The van der Waals surface area contributed by atoms with Gasteiger partial charge in [-0.1, -0.05) is 0 Å². The van der Waals surface area contributed by atoms with Crippen LogP contribution in [0.4, 0.5) is 0 Å². The molecule has 0 aliphatic heterocycles. The lowest BCUT2D eigenvalue weighted by Gasteiger charge is -1.99. The second kappa shape index (κ2) is 2.86. The molecule has 66 valence electrons. The van der Waals surface area contributed by atoms with Gasteiger partial charge in [0.15, 0.2) is 11.5 Å². The zero-order valence-corrected chi connectivity index (χ0v) is 6.77. The fourth-order valence-corrected chi connectivity index (χ4v) is 1.12. The molecule has 0 aliphatic carbocycles. The molecule has 0 spiro atoms. The van der Waals surface area contributed by atoms with E-state index < -0.39 is 0 Å². The molecule has 0 radical (unpaired) electrons. The minimum atomic E-state index is -0.145. The molecule has 2 rings (SSSR count). The molecule has 0 amide bonds. The van der Waals surface area contributed by atoms with Gasteiger partial charge >= 0.3 is 0 Å². The first-order chi connectivity index (χ1) is 6.27. The SMILES string of the molecule is Oc1ccc(-c2ccco2)cc1O. The maximum atomic E-state index is 9.21. The predicted molar refractivity (Wildman–Crippen MR) is 47.5 cm³/mol. The number of benzene rings is 1. The zero-order chi connectivity index (χ0) is 9.26. The van der Waals surface area contributed by atoms with Crippen molar-refractivity contribution in [1.29, 1.82) is 0 Å². The van der Waals surface area contributed by atoms with E-state index in [-0.39, 0.29) is 11.5 Å². The van der Waals surface area contributed by atoms with Crippen LogP contribution >= 0.6 is 0 Å². The molecule has 0 aliphatic rings. The van der Waals surface area contributed by atoms with E-state index in [1.165, 1.54) is 12.1 Å². The summed E-state index contributed by atoms with van der Waals surface area (Å²) in [6, 6.07) is 8.10. The summed E-state index contributed by atoms with van der Waals surface area (Å²) in [6.07, 6.45) is 1.55. The topological polar surface area (TPSA) is 53.6 Å². The standard InChI is InChI=1S/C10H8O3/c11-8-4-3-7(6-9(8)12)10-2-1-5-13-10/h1-6,11-12H. The molecule has 1 heterocycles. The van der Waals surface area contributed by atoms with Crippen LogP contribution in [-0.2, 0) is 0 Å². The lowest BCUT2D eigenvalue weighted by atomic mass is 10.1. The maximum absolute atomic E-state index is 9.21. The monoisotopic (exact) mass is 176 g/mol. The Morgan fingerprint density at radius 3 is 2.46 bits per heavy atom. The Kier molecular flexibility index (Phi) is 1.70. The van der Waals surface area contributed by atoms with Crippen LogP contribution < -0.4 is 0 Å². The Labute approximate surface area is 74.9 Å². The molecular weight excluding hydrogens is 168 g/mol. The summed E-state index contributed by atoms with van der Waals surface area (Å²) < 4.78 is 5.12. The Morgan fingerprint density at radius 2 is 1.85 bits per heavy atom. The summed E-state index contributed by atoms with van der Waals surface area (Å²) in [4.78, 5) is 0. The van der Waals surface area contributed by atoms with Crippen molar-refractivity contribution in [3.05, 3.63) is 36.6 Å². The molecule has 3 heteroatoms. The minimum absolute atomic E-state index is 0.129. The summed E-state index contributed by atoms with van der Waals surface area (Å²) in [5, 5.41) is 18.3. The highest BCUT2D eigenvalue weighted by Crippen LogP contribution is 2.30. The average Bonchev–Trinajstić information content (AvgIpc) is 2.62. The lowest BCUT2D eigenvalue weighted by molar-refractivity contribution is 0.404. The van der Waals surface area contributed by atoms with E-state index >= 15 is 0 Å². The van der Waals surface area contributed by atoms with Gasteiger partial charge in [0.25, 0.3) is 0 Å². The van der Waals surface area contributed by atoms with Crippen molar-refractivity contribution < 1.29 is 14.6 Å². The fourth-order valence-electron chi connectivity index (χ4n) is 1.12. The van der Waals surface area contributed by atoms with Gasteiger partial charge in [0, 0.05) is 5.56 Å². The molecule has 0 atom stereocenters. The molecule has 13 heavy (non-hydrogen) atoms. The van der Waals surface area contributed by atoms with Gasteiger partial charge in [0.05, 0.1) is 6.26 Å². The quantitative estimate of drug-likeness (QED) is 0.656. The molecule has 0 bridgehead atoms. The molecule has 1 aromatic heterocycles. The van der Waals surface area contributed by atoms with Crippen LogP contribution in [0.3, 0.4) is 0 Å². The Morgan fingerprint density at radius 1 is 1.00 bits per heavy atom. The molecule has 0 saturated heterocycles. The smallest absolute Gasteiger partial charge is 0.158 e. The van der Waals surface area contributed by atoms with E-state index in [1.807, 2.05) is 0 Å². The highest BCUT2D eigenvalue weighted by Gasteiger charge is 2.04. The molecule has 0 unspecified atom stereocenters. The van der Waals surface area contributed by atoms with Crippen LogP contribution in [0.25, 0.3) is 11.3 Å². The summed E-state index contributed by atoms with van der Waals surface area (Å²) in [5.74, 6) is 0.388. The first-order valence-electron chi connectivity index (χ1n) is 3.83. The number of furan rings is 1. The van der Waals surface area contributed by atoms with E-state index in [0.29, 0.717) is 5.76 Å². The number of aromatic hydroxyl groups is 2. The maximum Gasteiger partial charge on any atom is 0.158 e. The molecule has 3 nitrogen and oxygen atoms in total. The normalized spacial score (nSPS) is 10.2. The predicted octanol–water partition coefficient (Wildman–Crippen LogP) is 2.36. The number of hydrogen-bond acceptors (Lipinski definition) is 3. The van der Waals surface area contributed by atoms with Gasteiger partial charge in [-0.2, -0.15) is 0 Å². The third-order valence-corrected chi connectivity index (χ3v) is 1.78. The van der Waals surface area contributed by atoms with Crippen molar-refractivity contribution in [2.24, 2.45) is 0 Å². The molecule has 0 fully saturated rings. The largest absolute Gasteiger partial charge is 0.504 e. The fraction of sp³-hybridized carbons (Fsp3) is 0. The van der Waals surface area contributed by atoms with Gasteiger partial charge in [0.2, 0.25) is 0 Å². The van der Waals surface area contributed by atoms with Crippen LogP contribution in [0.5, 0.6) is 11.5 Å². The Hall–Kier alpha value is -1.90. The third-order valence-electron chi connectivity index (χ3n) is 1.78. The van der Waals surface area contributed by atoms with Crippen LogP contribution in [0.15, 0.2) is 41.0 Å². The lowest BCUT2D eigenvalue weighted by Crippen LogP contribution is -1.73. The summed E-state index contributed by atoms with van der Waals surface area (Å²) in [5.41, 5.74) is 0.736. The molecule has 0 saturated carbocycles. The van der Waals surface area contributed by atoms with E-state index in [0.717, 1.165) is 5.56 Å². The van der Waals surface area contributed by atoms with Gasteiger partial charge in [-0.25, -0.2) is 0 Å². The van der Waals surface area contributed by atoms with Crippen LogP contribution in [0.1, 0.15) is 0 Å². The summed E-state index contributed by atoms with van der Waals surface area (Å²) in [7, 11) is 0. The number of hydrogen-bond donors (Lipinski definition) is 2. The third kappa shape index (κ3) is 1.36. The second-order valence-corrected chi connectivity index (χ2v) is 2.68. The Bertz CT molecular complexity index is 404. The van der Waals surface area contributed by atoms with E-state index in [9.17, 15) is 5.11 Å².